The molecule has 0 N–H and O–H groups in total. The molecular weight excluding hydrogens is 416 g/mol. The van der Waals surface area contributed by atoms with Gasteiger partial charge in [-0.1, -0.05) is 41.0 Å². The average Bonchev–Trinajstić information content (AvgIpc) is 3.61. The van der Waals surface area contributed by atoms with Crippen LogP contribution in [-0.2, 0) is 9.59 Å². The molecule has 0 aromatic heterocycles. The van der Waals surface area contributed by atoms with Crippen LogP contribution >= 0.6 is 0 Å². The van der Waals surface area contributed by atoms with E-state index in [1.165, 1.54) is 53.0 Å². The second-order valence-corrected chi connectivity index (χ2v) is 9.96. The zero-order valence-corrected chi connectivity index (χ0v) is 17.9. The van der Waals surface area contributed by atoms with E-state index in [2.05, 4.69) is 6.08 Å². The van der Waals surface area contributed by atoms with Crippen LogP contribution in [0.2, 0.25) is 0 Å². The summed E-state index contributed by atoms with van der Waals surface area (Å²) in [5.74, 6) is 0.247. The van der Waals surface area contributed by atoms with Gasteiger partial charge >= 0.3 is 0 Å². The number of carbonyl (C=O) groups excluding carboxylic acids is 2. The molecule has 6 heteroatoms. The molecule has 3 fully saturated rings. The summed E-state index contributed by atoms with van der Waals surface area (Å²) in [7, 11) is 0. The zero-order chi connectivity index (χ0) is 22.4. The molecule has 0 unspecified atom stereocenters. The lowest BCUT2D eigenvalue weighted by Gasteiger charge is -2.28. The third-order valence-corrected chi connectivity index (χ3v) is 8.60. The highest BCUT2D eigenvalue weighted by Crippen LogP contribution is 2.70. The first-order valence-corrected chi connectivity index (χ1v) is 11.7. The number of hydrogen-bond donors (Lipinski definition) is 0. The SMILES string of the molecule is O=C1[C@@H]2[C@H]3C(=Cc4ccc([N+](=O)[O-])cc4)[C@@H](C4=C3[C@H]3CC[C@H]4C3)[C@H]2C(=O)N1c1ccccc1. The maximum Gasteiger partial charge on any atom is 0.269 e. The molecule has 33 heavy (non-hydrogen) atoms. The smallest absolute Gasteiger partial charge is 0.269 e. The molecule has 1 heterocycles. The largest absolute Gasteiger partial charge is 0.274 e. The number of para-hydroxylation sites is 1. The van der Waals surface area contributed by atoms with Crippen LogP contribution in [0, 0.1) is 45.6 Å². The maximum absolute atomic E-state index is 13.7. The molecule has 2 amide bonds. The number of allylic oxidation sites excluding steroid dienone is 3. The van der Waals surface area contributed by atoms with Crippen LogP contribution < -0.4 is 4.90 Å². The van der Waals surface area contributed by atoms with Gasteiger partial charge in [-0.3, -0.25) is 19.7 Å². The Kier molecular flexibility index (Phi) is 3.74. The predicted molar refractivity (Wildman–Crippen MR) is 122 cm³/mol. The van der Waals surface area contributed by atoms with Crippen molar-refractivity contribution in [2.24, 2.45) is 35.5 Å². The Morgan fingerprint density at radius 3 is 1.97 bits per heavy atom. The molecule has 1 aliphatic heterocycles. The van der Waals surface area contributed by atoms with Crippen LogP contribution in [0.3, 0.4) is 0 Å². The Morgan fingerprint density at radius 1 is 0.848 bits per heavy atom. The number of nitro benzene ring substituents is 1. The molecule has 0 spiro atoms. The lowest BCUT2D eigenvalue weighted by molar-refractivity contribution is -0.384. The number of nitro groups is 1. The van der Waals surface area contributed by atoms with Crippen LogP contribution in [0.5, 0.6) is 0 Å². The Morgan fingerprint density at radius 2 is 1.42 bits per heavy atom. The molecule has 2 aromatic rings. The molecule has 164 valence electrons. The summed E-state index contributed by atoms with van der Waals surface area (Å²) in [5.41, 5.74) is 5.67. The molecule has 0 radical (unpaired) electrons. The number of anilines is 1. The van der Waals surface area contributed by atoms with Crippen molar-refractivity contribution in [3.05, 3.63) is 87.0 Å². The Balaban J connectivity index is 1.33. The van der Waals surface area contributed by atoms with Crippen molar-refractivity contribution in [1.29, 1.82) is 0 Å². The first kappa shape index (κ1) is 19.0. The molecule has 5 aliphatic rings. The van der Waals surface area contributed by atoms with Crippen LogP contribution in [0.1, 0.15) is 24.8 Å². The fourth-order valence-corrected chi connectivity index (χ4v) is 7.55. The van der Waals surface area contributed by atoms with E-state index < -0.39 is 4.92 Å². The highest BCUT2D eigenvalue weighted by molar-refractivity contribution is 6.23. The minimum Gasteiger partial charge on any atom is -0.274 e. The second-order valence-electron chi connectivity index (χ2n) is 9.96. The molecule has 2 aromatic carbocycles. The highest BCUT2D eigenvalue weighted by Gasteiger charge is 2.69. The summed E-state index contributed by atoms with van der Waals surface area (Å²) in [6.45, 7) is 0. The minimum atomic E-state index is -0.399. The summed E-state index contributed by atoms with van der Waals surface area (Å²) < 4.78 is 0. The molecule has 2 saturated carbocycles. The van der Waals surface area contributed by atoms with Crippen LogP contribution in [-0.4, -0.2) is 16.7 Å². The summed E-state index contributed by atoms with van der Waals surface area (Å²) in [4.78, 5) is 39.4. The van der Waals surface area contributed by atoms with Crippen LogP contribution in [0.4, 0.5) is 11.4 Å². The first-order chi connectivity index (χ1) is 16.0. The molecular formula is C27H22N2O4. The monoisotopic (exact) mass is 438 g/mol. The van der Waals surface area contributed by atoms with Crippen molar-refractivity contribution in [2.75, 3.05) is 4.90 Å². The van der Waals surface area contributed by atoms with Crippen molar-refractivity contribution in [1.82, 2.24) is 0 Å². The number of non-ortho nitro benzene ring substituents is 1. The second kappa shape index (κ2) is 6.50. The minimum absolute atomic E-state index is 0.00865. The number of fused-ring (bicyclic) bond motifs is 11. The Hall–Kier alpha value is -3.54. The van der Waals surface area contributed by atoms with Gasteiger partial charge in [0.1, 0.15) is 0 Å². The van der Waals surface area contributed by atoms with Gasteiger partial charge in [-0.15, -0.1) is 0 Å². The van der Waals surface area contributed by atoms with E-state index in [4.69, 9.17) is 0 Å². The predicted octanol–water partition coefficient (Wildman–Crippen LogP) is 4.77. The van der Waals surface area contributed by atoms with Crippen molar-refractivity contribution in [2.45, 2.75) is 19.3 Å². The lowest BCUT2D eigenvalue weighted by atomic mass is 9.72. The van der Waals surface area contributed by atoms with E-state index in [0.29, 0.717) is 17.5 Å². The average molecular weight is 438 g/mol. The van der Waals surface area contributed by atoms with Gasteiger partial charge in [-0.05, 0) is 60.9 Å². The number of carbonyl (C=O) groups is 2. The van der Waals surface area contributed by atoms with E-state index in [0.717, 1.165) is 5.56 Å². The fourth-order valence-electron chi connectivity index (χ4n) is 7.55. The molecule has 6 atom stereocenters. The third kappa shape index (κ3) is 2.38. The third-order valence-electron chi connectivity index (χ3n) is 8.60. The number of imide groups is 1. The van der Waals surface area contributed by atoms with Crippen molar-refractivity contribution >= 4 is 29.3 Å². The zero-order valence-electron chi connectivity index (χ0n) is 17.9. The van der Waals surface area contributed by atoms with Gasteiger partial charge in [0.2, 0.25) is 11.8 Å². The van der Waals surface area contributed by atoms with Crippen LogP contribution in [0.15, 0.2) is 71.3 Å². The summed E-state index contributed by atoms with van der Waals surface area (Å²) in [6.07, 6.45) is 5.63. The van der Waals surface area contributed by atoms with E-state index >= 15 is 0 Å². The molecule has 7 rings (SSSR count). The van der Waals surface area contributed by atoms with Crippen LogP contribution in [0.25, 0.3) is 6.08 Å². The van der Waals surface area contributed by atoms with E-state index in [9.17, 15) is 19.7 Å². The van der Waals surface area contributed by atoms with Gasteiger partial charge in [-0.25, -0.2) is 4.90 Å². The van der Waals surface area contributed by atoms with Crippen molar-refractivity contribution in [3.8, 4) is 0 Å². The Labute approximate surface area is 190 Å². The molecule has 4 aliphatic carbocycles. The number of amides is 2. The van der Waals surface area contributed by atoms with E-state index in [-0.39, 0.29) is 41.2 Å². The fraction of sp³-hybridized carbons (Fsp3) is 0.333. The van der Waals surface area contributed by atoms with Gasteiger partial charge in [0.05, 0.1) is 22.4 Å². The number of hydrogen-bond acceptors (Lipinski definition) is 4. The number of benzene rings is 2. The topological polar surface area (TPSA) is 80.5 Å². The number of rotatable bonds is 3. The molecule has 6 nitrogen and oxygen atoms in total. The van der Waals surface area contributed by atoms with E-state index in [1.54, 1.807) is 12.1 Å². The van der Waals surface area contributed by atoms with Gasteiger partial charge in [0.25, 0.3) is 5.69 Å². The normalized spacial score (nSPS) is 33.2. The highest BCUT2D eigenvalue weighted by atomic mass is 16.6. The van der Waals surface area contributed by atoms with Gasteiger partial charge in [0, 0.05) is 24.0 Å². The van der Waals surface area contributed by atoms with Gasteiger partial charge < -0.3 is 0 Å². The summed E-state index contributed by atoms with van der Waals surface area (Å²) in [5, 5.41) is 11.0. The van der Waals surface area contributed by atoms with Gasteiger partial charge in [-0.2, -0.15) is 0 Å². The van der Waals surface area contributed by atoms with Crippen molar-refractivity contribution in [3.63, 3.8) is 0 Å². The maximum atomic E-state index is 13.7. The lowest BCUT2D eigenvalue weighted by Crippen LogP contribution is -2.33. The summed E-state index contributed by atoms with van der Waals surface area (Å²) >= 11 is 0. The quantitative estimate of drug-likeness (QED) is 0.227. The van der Waals surface area contributed by atoms with Crippen molar-refractivity contribution < 1.29 is 14.5 Å². The first-order valence-electron chi connectivity index (χ1n) is 11.7. The number of nitrogens with zero attached hydrogens (tertiary/aromatic N) is 2. The Bertz CT molecular complexity index is 1250. The standard InChI is InChI=1S/C27H22N2O4/c30-26-24-22-19(12-14-6-10-18(11-7-14)29(32)33)23(21-16-9-8-15(13-16)20(21)22)25(24)27(31)28(26)17-4-2-1-3-5-17/h1-7,10-12,15-16,22-25H,8-9,13H2/t15-,16-,22-,23-,24+,25+/m0/s1. The summed E-state index contributed by atoms with van der Waals surface area (Å²) in [6, 6.07) is 15.8. The molecule has 1 saturated heterocycles. The molecule has 4 bridgehead atoms. The van der Waals surface area contributed by atoms with E-state index in [1.807, 2.05) is 30.3 Å². The van der Waals surface area contributed by atoms with Gasteiger partial charge in [0.15, 0.2) is 0 Å².